The van der Waals surface area contributed by atoms with Crippen LogP contribution in [0.3, 0.4) is 0 Å². The first-order valence-electron chi connectivity index (χ1n) is 8.78. The summed E-state index contributed by atoms with van der Waals surface area (Å²) in [5, 5.41) is 10.4. The second kappa shape index (κ2) is 6.90. The second-order valence-electron chi connectivity index (χ2n) is 8.85. The first kappa shape index (κ1) is 19.6. The Morgan fingerprint density at radius 3 is 2.17 bits per heavy atom. The lowest BCUT2D eigenvalue weighted by Gasteiger charge is -2.42. The lowest BCUT2D eigenvalue weighted by Crippen LogP contribution is -2.56. The second-order valence-corrected chi connectivity index (χ2v) is 8.85. The summed E-state index contributed by atoms with van der Waals surface area (Å²) < 4.78 is 17.5. The molecule has 0 amide bonds. The van der Waals surface area contributed by atoms with Crippen LogP contribution < -0.4 is 0 Å². The number of methoxy groups -OCH3 is 1. The summed E-state index contributed by atoms with van der Waals surface area (Å²) in [6.07, 6.45) is -0.589. The highest BCUT2D eigenvalue weighted by Gasteiger charge is 2.55. The summed E-state index contributed by atoms with van der Waals surface area (Å²) in [5.74, 6) is -0.985. The zero-order valence-corrected chi connectivity index (χ0v) is 16.0. The van der Waals surface area contributed by atoms with E-state index in [-0.39, 0.29) is 35.4 Å². The van der Waals surface area contributed by atoms with Crippen LogP contribution in [0.4, 0.5) is 0 Å². The maximum atomic E-state index is 12.3. The minimum atomic E-state index is -0.710. The van der Waals surface area contributed by atoms with Crippen molar-refractivity contribution in [2.45, 2.75) is 83.5 Å². The van der Waals surface area contributed by atoms with Crippen LogP contribution in [-0.2, 0) is 19.0 Å². The van der Waals surface area contributed by atoms with Crippen molar-refractivity contribution in [1.29, 1.82) is 0 Å². The highest BCUT2D eigenvalue weighted by Crippen LogP contribution is 2.38. The Morgan fingerprint density at radius 1 is 1.08 bits per heavy atom. The number of carbonyl (C=O) groups is 1. The molecule has 6 heteroatoms. The average Bonchev–Trinajstić information content (AvgIpc) is 2.72. The van der Waals surface area contributed by atoms with Crippen molar-refractivity contribution < 1.29 is 24.1 Å². The maximum Gasteiger partial charge on any atom is 0.313 e. The van der Waals surface area contributed by atoms with Crippen molar-refractivity contribution in [3.05, 3.63) is 0 Å². The molecule has 2 fully saturated rings. The number of aliphatic hydroxyl groups excluding tert-OH is 1. The zero-order chi connectivity index (χ0) is 18.3. The predicted octanol–water partition coefficient (Wildman–Crippen LogP) is 1.59. The number of hydrogen-bond donors (Lipinski definition) is 1. The monoisotopic (exact) mass is 343 g/mol. The van der Waals surface area contributed by atoms with Gasteiger partial charge in [-0.1, -0.05) is 0 Å². The van der Waals surface area contributed by atoms with Gasteiger partial charge in [-0.15, -0.1) is 0 Å². The Bertz CT molecular complexity index is 453. The molecule has 2 rings (SSSR count). The number of carbonyl (C=O) groups excluding carboxylic acids is 1. The van der Waals surface area contributed by atoms with Crippen LogP contribution in [0.15, 0.2) is 0 Å². The van der Waals surface area contributed by atoms with E-state index < -0.39 is 12.0 Å². The molecule has 0 aromatic heterocycles. The molecule has 2 heterocycles. The quantitative estimate of drug-likeness (QED) is 0.785. The predicted molar refractivity (Wildman–Crippen MR) is 90.7 cm³/mol. The maximum absolute atomic E-state index is 12.3. The Labute approximate surface area is 145 Å². The zero-order valence-electron chi connectivity index (χ0n) is 16.0. The minimum Gasteiger partial charge on any atom is -0.469 e. The van der Waals surface area contributed by atoms with Crippen LogP contribution >= 0.6 is 0 Å². The van der Waals surface area contributed by atoms with E-state index in [9.17, 15) is 9.90 Å². The van der Waals surface area contributed by atoms with Gasteiger partial charge in [0.15, 0.2) is 0 Å². The van der Waals surface area contributed by atoms with E-state index >= 15 is 0 Å². The van der Waals surface area contributed by atoms with Gasteiger partial charge in [0.1, 0.15) is 12.0 Å². The third-order valence-corrected chi connectivity index (χ3v) is 4.50. The van der Waals surface area contributed by atoms with Crippen LogP contribution in [0.5, 0.6) is 0 Å². The molecule has 0 aromatic rings. The molecule has 24 heavy (non-hydrogen) atoms. The number of rotatable bonds is 3. The van der Waals surface area contributed by atoms with E-state index in [4.69, 9.17) is 14.2 Å². The highest BCUT2D eigenvalue weighted by molar-refractivity contribution is 5.74. The first-order valence-corrected chi connectivity index (χ1v) is 8.78. The van der Waals surface area contributed by atoms with Gasteiger partial charge < -0.3 is 19.3 Å². The third-order valence-electron chi connectivity index (χ3n) is 4.50. The van der Waals surface area contributed by atoms with Crippen molar-refractivity contribution in [2.24, 2.45) is 5.92 Å². The standard InChI is InChI=1S/C18H33NO5/c1-17(2,3)23-12-10-19-9-8-11(20)13(16(21)22-7)14(19)15(12)24-18(4,5)6/h11-15,20H,8-10H2,1-7H3/t11-,12-,13+,14+,15-/m1/s1. The third kappa shape index (κ3) is 4.48. The molecule has 0 aliphatic carbocycles. The van der Waals surface area contributed by atoms with Gasteiger partial charge >= 0.3 is 5.97 Å². The molecule has 140 valence electrons. The molecule has 1 N–H and O–H groups in total. The number of esters is 1. The van der Waals surface area contributed by atoms with Crippen molar-refractivity contribution in [2.75, 3.05) is 20.2 Å². The van der Waals surface area contributed by atoms with Crippen LogP contribution in [0.1, 0.15) is 48.0 Å². The Kier molecular flexibility index (Phi) is 5.65. The number of piperidine rings is 1. The molecule has 5 atom stereocenters. The normalized spacial score (nSPS) is 34.9. The fraction of sp³-hybridized carbons (Fsp3) is 0.944. The molecule has 0 bridgehead atoms. The summed E-state index contributed by atoms with van der Waals surface area (Å²) in [6, 6.07) is -0.229. The van der Waals surface area contributed by atoms with Crippen LogP contribution in [0.2, 0.25) is 0 Å². The summed E-state index contributed by atoms with van der Waals surface area (Å²) in [4.78, 5) is 14.5. The smallest absolute Gasteiger partial charge is 0.313 e. The Balaban J connectivity index is 2.33. The summed E-state index contributed by atoms with van der Waals surface area (Å²) in [7, 11) is 1.37. The van der Waals surface area contributed by atoms with Gasteiger partial charge in [-0.3, -0.25) is 9.69 Å². The minimum absolute atomic E-state index is 0.147. The number of aliphatic hydroxyl groups is 1. The van der Waals surface area contributed by atoms with E-state index in [0.717, 1.165) is 6.54 Å². The lowest BCUT2D eigenvalue weighted by molar-refractivity contribution is -0.174. The van der Waals surface area contributed by atoms with Gasteiger partial charge in [0.25, 0.3) is 0 Å². The van der Waals surface area contributed by atoms with Crippen LogP contribution in [0, 0.1) is 5.92 Å². The molecular formula is C18H33NO5. The number of ether oxygens (including phenoxy) is 3. The van der Waals surface area contributed by atoms with Gasteiger partial charge in [0, 0.05) is 13.1 Å². The van der Waals surface area contributed by atoms with Crippen molar-refractivity contribution in [3.8, 4) is 0 Å². The van der Waals surface area contributed by atoms with E-state index in [1.807, 2.05) is 41.5 Å². The molecule has 2 saturated heterocycles. The Morgan fingerprint density at radius 2 is 1.67 bits per heavy atom. The van der Waals surface area contributed by atoms with Gasteiger partial charge in [0.05, 0.1) is 36.6 Å². The molecule has 0 saturated carbocycles. The average molecular weight is 343 g/mol. The van der Waals surface area contributed by atoms with Crippen molar-refractivity contribution >= 4 is 5.97 Å². The van der Waals surface area contributed by atoms with Crippen molar-refractivity contribution in [1.82, 2.24) is 4.90 Å². The summed E-state index contributed by atoms with van der Waals surface area (Å²) in [6.45, 7) is 13.5. The lowest BCUT2D eigenvalue weighted by atomic mass is 9.84. The molecule has 0 spiro atoms. The largest absolute Gasteiger partial charge is 0.469 e. The molecule has 0 aromatic carbocycles. The van der Waals surface area contributed by atoms with Gasteiger partial charge in [0.2, 0.25) is 0 Å². The number of nitrogens with zero attached hydrogens (tertiary/aromatic N) is 1. The molecule has 2 aliphatic rings. The highest BCUT2D eigenvalue weighted by atomic mass is 16.6. The summed E-state index contributed by atoms with van der Waals surface area (Å²) in [5.41, 5.74) is -0.679. The van der Waals surface area contributed by atoms with E-state index in [1.165, 1.54) is 7.11 Å². The van der Waals surface area contributed by atoms with Crippen LogP contribution in [0.25, 0.3) is 0 Å². The van der Waals surface area contributed by atoms with Crippen LogP contribution in [-0.4, -0.2) is 71.7 Å². The molecule has 0 unspecified atom stereocenters. The van der Waals surface area contributed by atoms with E-state index in [1.54, 1.807) is 0 Å². The first-order chi connectivity index (χ1) is 10.9. The van der Waals surface area contributed by atoms with Gasteiger partial charge in [-0.25, -0.2) is 0 Å². The number of hydrogen-bond acceptors (Lipinski definition) is 6. The van der Waals surface area contributed by atoms with Gasteiger partial charge in [-0.05, 0) is 48.0 Å². The molecule has 6 nitrogen and oxygen atoms in total. The molecule has 0 radical (unpaired) electrons. The van der Waals surface area contributed by atoms with E-state index in [2.05, 4.69) is 4.90 Å². The fourth-order valence-electron chi connectivity index (χ4n) is 3.81. The number of fused-ring (bicyclic) bond motifs is 1. The van der Waals surface area contributed by atoms with E-state index in [0.29, 0.717) is 13.0 Å². The topological polar surface area (TPSA) is 68.2 Å². The SMILES string of the molecule is COC(=O)[C@@H]1[C@H]2[C@H](OC(C)(C)C)[C@H](OC(C)(C)C)CN2CC[C@H]1O. The summed E-state index contributed by atoms with van der Waals surface area (Å²) >= 11 is 0. The fourth-order valence-corrected chi connectivity index (χ4v) is 3.81. The van der Waals surface area contributed by atoms with Crippen molar-refractivity contribution in [3.63, 3.8) is 0 Å². The van der Waals surface area contributed by atoms with Gasteiger partial charge in [-0.2, -0.15) is 0 Å². The molecule has 2 aliphatic heterocycles. The Hall–Kier alpha value is -0.690. The molecular weight excluding hydrogens is 310 g/mol.